The van der Waals surface area contributed by atoms with Crippen LogP contribution in [0.5, 0.6) is 5.75 Å². The van der Waals surface area contributed by atoms with Gasteiger partial charge in [0.05, 0.1) is 17.9 Å². The number of thiophene rings is 1. The minimum atomic E-state index is -0.494. The Morgan fingerprint density at radius 3 is 2.48 bits per heavy atom. The summed E-state index contributed by atoms with van der Waals surface area (Å²) in [5.74, 6) is -0.708. The molecule has 1 aromatic heterocycles. The molecule has 0 saturated carbocycles. The van der Waals surface area contributed by atoms with Gasteiger partial charge >= 0.3 is 0 Å². The van der Waals surface area contributed by atoms with E-state index in [1.165, 1.54) is 29.5 Å². The zero-order chi connectivity index (χ0) is 20.4. The third-order valence-electron chi connectivity index (χ3n) is 4.35. The van der Waals surface area contributed by atoms with Crippen LogP contribution in [0.4, 0.5) is 15.8 Å². The van der Waals surface area contributed by atoms with Crippen molar-refractivity contribution < 1.29 is 18.7 Å². The standard InChI is InChI=1S/C22H17FN2O3S/c1-2-28-17-10-8-16(9-11-17)25-21(26)19(18-7-4-12-29-18)20(22(25)27)24-15-6-3-5-14(23)13-15/h3-13,24H,2H2,1H3. The quantitative estimate of drug-likeness (QED) is 0.602. The highest BCUT2D eigenvalue weighted by Crippen LogP contribution is 2.36. The summed E-state index contributed by atoms with van der Waals surface area (Å²) in [6.45, 7) is 2.40. The summed E-state index contributed by atoms with van der Waals surface area (Å²) in [4.78, 5) is 28.2. The minimum Gasteiger partial charge on any atom is -0.494 e. The average Bonchev–Trinajstić information content (AvgIpc) is 3.30. The van der Waals surface area contributed by atoms with Gasteiger partial charge in [-0.3, -0.25) is 9.59 Å². The van der Waals surface area contributed by atoms with E-state index in [0.717, 1.165) is 4.90 Å². The third-order valence-corrected chi connectivity index (χ3v) is 5.24. The summed E-state index contributed by atoms with van der Waals surface area (Å²) in [7, 11) is 0. The summed E-state index contributed by atoms with van der Waals surface area (Å²) >= 11 is 1.36. The Balaban J connectivity index is 1.73. The van der Waals surface area contributed by atoms with Crippen LogP contribution in [0.15, 0.2) is 71.7 Å². The normalized spacial score (nSPS) is 13.9. The molecule has 0 saturated heterocycles. The molecule has 4 rings (SSSR count). The molecule has 0 atom stereocenters. The molecule has 1 N–H and O–H groups in total. The number of anilines is 2. The molecule has 5 nitrogen and oxygen atoms in total. The second-order valence-corrected chi connectivity index (χ2v) is 7.18. The van der Waals surface area contributed by atoms with E-state index >= 15 is 0 Å². The van der Waals surface area contributed by atoms with Gasteiger partial charge in [0.2, 0.25) is 0 Å². The lowest BCUT2D eigenvalue weighted by atomic mass is 10.2. The van der Waals surface area contributed by atoms with Crippen molar-refractivity contribution in [3.8, 4) is 5.75 Å². The molecule has 0 radical (unpaired) electrons. The van der Waals surface area contributed by atoms with Crippen molar-refractivity contribution in [3.63, 3.8) is 0 Å². The van der Waals surface area contributed by atoms with Gasteiger partial charge in [-0.1, -0.05) is 12.1 Å². The highest BCUT2D eigenvalue weighted by molar-refractivity contribution is 7.11. The first-order chi connectivity index (χ1) is 14.1. The Morgan fingerprint density at radius 1 is 1.03 bits per heavy atom. The molecular weight excluding hydrogens is 391 g/mol. The van der Waals surface area contributed by atoms with Gasteiger partial charge in [-0.2, -0.15) is 0 Å². The summed E-state index contributed by atoms with van der Waals surface area (Å²) in [5, 5.41) is 4.77. The van der Waals surface area contributed by atoms with Crippen LogP contribution in [0.2, 0.25) is 0 Å². The molecule has 0 aliphatic carbocycles. The van der Waals surface area contributed by atoms with Gasteiger partial charge in [0.1, 0.15) is 17.3 Å². The monoisotopic (exact) mass is 408 g/mol. The predicted octanol–water partition coefficient (Wildman–Crippen LogP) is 4.68. The molecule has 146 valence electrons. The number of carbonyl (C=O) groups is 2. The summed E-state index contributed by atoms with van der Waals surface area (Å²) < 4.78 is 19.0. The van der Waals surface area contributed by atoms with E-state index in [-0.39, 0.29) is 11.3 Å². The van der Waals surface area contributed by atoms with Gasteiger partial charge in [-0.25, -0.2) is 9.29 Å². The van der Waals surface area contributed by atoms with E-state index in [1.807, 2.05) is 18.4 Å². The lowest BCUT2D eigenvalue weighted by Crippen LogP contribution is -2.32. The topological polar surface area (TPSA) is 58.6 Å². The molecule has 2 heterocycles. The number of halogens is 1. The van der Waals surface area contributed by atoms with Crippen LogP contribution in [0.3, 0.4) is 0 Å². The number of benzene rings is 2. The van der Waals surface area contributed by atoms with Crippen LogP contribution < -0.4 is 15.0 Å². The summed E-state index contributed by atoms with van der Waals surface area (Å²) in [5.41, 5.74) is 1.22. The molecule has 2 amide bonds. The van der Waals surface area contributed by atoms with Crippen molar-refractivity contribution in [1.82, 2.24) is 0 Å². The lowest BCUT2D eigenvalue weighted by molar-refractivity contribution is -0.120. The average molecular weight is 408 g/mol. The maximum Gasteiger partial charge on any atom is 0.282 e. The Labute approximate surface area is 171 Å². The van der Waals surface area contributed by atoms with Gasteiger partial charge < -0.3 is 10.1 Å². The molecule has 0 bridgehead atoms. The van der Waals surface area contributed by atoms with Gasteiger partial charge in [0, 0.05) is 10.6 Å². The van der Waals surface area contributed by atoms with Crippen molar-refractivity contribution in [1.29, 1.82) is 0 Å². The number of nitrogens with zero attached hydrogens (tertiary/aromatic N) is 1. The van der Waals surface area contributed by atoms with E-state index in [2.05, 4.69) is 5.32 Å². The van der Waals surface area contributed by atoms with Gasteiger partial charge in [0.25, 0.3) is 11.8 Å². The highest BCUT2D eigenvalue weighted by Gasteiger charge is 2.40. The van der Waals surface area contributed by atoms with Crippen molar-refractivity contribution in [2.45, 2.75) is 6.92 Å². The Bertz CT molecular complexity index is 1090. The van der Waals surface area contributed by atoms with E-state index in [0.29, 0.717) is 28.6 Å². The van der Waals surface area contributed by atoms with Crippen LogP contribution in [0.1, 0.15) is 11.8 Å². The van der Waals surface area contributed by atoms with Crippen LogP contribution in [-0.4, -0.2) is 18.4 Å². The number of imide groups is 1. The van der Waals surface area contributed by atoms with Crippen LogP contribution in [-0.2, 0) is 9.59 Å². The van der Waals surface area contributed by atoms with Gasteiger partial charge in [-0.15, -0.1) is 11.3 Å². The molecule has 0 fully saturated rings. The zero-order valence-electron chi connectivity index (χ0n) is 15.5. The number of amides is 2. The molecular formula is C22H17FN2O3S. The first kappa shape index (κ1) is 18.9. The van der Waals surface area contributed by atoms with Crippen LogP contribution in [0.25, 0.3) is 5.57 Å². The number of ether oxygens (including phenoxy) is 1. The smallest absolute Gasteiger partial charge is 0.282 e. The highest BCUT2D eigenvalue weighted by atomic mass is 32.1. The number of carbonyl (C=O) groups excluding carboxylic acids is 2. The zero-order valence-corrected chi connectivity index (χ0v) is 16.3. The van der Waals surface area contributed by atoms with Crippen LogP contribution >= 0.6 is 11.3 Å². The third kappa shape index (κ3) is 3.64. The molecule has 29 heavy (non-hydrogen) atoms. The van der Waals surface area contributed by atoms with E-state index in [4.69, 9.17) is 4.74 Å². The van der Waals surface area contributed by atoms with Gasteiger partial charge in [0.15, 0.2) is 0 Å². The summed E-state index contributed by atoms with van der Waals surface area (Å²) in [6, 6.07) is 16.1. The SMILES string of the molecule is CCOc1ccc(N2C(=O)C(Nc3cccc(F)c3)=C(c3cccs3)C2=O)cc1. The van der Waals surface area contributed by atoms with Crippen molar-refractivity contribution in [2.75, 3.05) is 16.8 Å². The van der Waals surface area contributed by atoms with Crippen molar-refractivity contribution >= 4 is 40.1 Å². The molecule has 1 aliphatic heterocycles. The number of hydrogen-bond acceptors (Lipinski definition) is 5. The molecule has 2 aromatic carbocycles. The molecule has 0 spiro atoms. The van der Waals surface area contributed by atoms with Crippen molar-refractivity contribution in [3.05, 3.63) is 82.4 Å². The molecule has 1 aliphatic rings. The second kappa shape index (κ2) is 7.89. The summed E-state index contributed by atoms with van der Waals surface area (Å²) in [6.07, 6.45) is 0. The first-order valence-corrected chi connectivity index (χ1v) is 9.89. The van der Waals surface area contributed by atoms with E-state index in [9.17, 15) is 14.0 Å². The lowest BCUT2D eigenvalue weighted by Gasteiger charge is -2.16. The second-order valence-electron chi connectivity index (χ2n) is 6.24. The Kier molecular flexibility index (Phi) is 5.14. The number of rotatable bonds is 6. The number of hydrogen-bond donors (Lipinski definition) is 1. The minimum absolute atomic E-state index is 0.122. The molecule has 0 unspecified atom stereocenters. The Morgan fingerprint density at radius 2 is 1.83 bits per heavy atom. The van der Waals surface area contributed by atoms with Crippen molar-refractivity contribution in [2.24, 2.45) is 0 Å². The maximum atomic E-state index is 13.6. The Hall–Kier alpha value is -3.45. The largest absolute Gasteiger partial charge is 0.494 e. The fourth-order valence-electron chi connectivity index (χ4n) is 3.10. The van der Waals surface area contributed by atoms with E-state index in [1.54, 1.807) is 36.4 Å². The molecule has 7 heteroatoms. The fraction of sp³-hybridized carbons (Fsp3) is 0.0909. The molecule has 3 aromatic rings. The fourth-order valence-corrected chi connectivity index (χ4v) is 3.87. The number of nitrogens with one attached hydrogen (secondary N) is 1. The van der Waals surface area contributed by atoms with Crippen LogP contribution in [0, 0.1) is 5.82 Å². The maximum absolute atomic E-state index is 13.6. The predicted molar refractivity (Wildman–Crippen MR) is 111 cm³/mol. The van der Waals surface area contributed by atoms with Gasteiger partial charge in [-0.05, 0) is 60.8 Å². The first-order valence-electron chi connectivity index (χ1n) is 9.01. The van der Waals surface area contributed by atoms with E-state index < -0.39 is 17.6 Å².